The molecular formula is C21H22FN3O3. The molecule has 0 saturated heterocycles. The van der Waals surface area contributed by atoms with Crippen molar-refractivity contribution in [2.75, 3.05) is 25.7 Å². The van der Waals surface area contributed by atoms with E-state index in [1.165, 1.54) is 13.3 Å². The Morgan fingerprint density at radius 2 is 1.82 bits per heavy atom. The molecule has 0 amide bonds. The molecule has 3 aromatic rings. The molecule has 0 radical (unpaired) electrons. The highest BCUT2D eigenvalue weighted by Gasteiger charge is 2.26. The van der Waals surface area contributed by atoms with Gasteiger partial charge in [0.05, 0.1) is 31.6 Å². The largest absolute Gasteiger partial charge is 0.493 e. The highest BCUT2D eigenvalue weighted by Crippen LogP contribution is 2.43. The van der Waals surface area contributed by atoms with Crippen LogP contribution in [0.3, 0.4) is 0 Å². The van der Waals surface area contributed by atoms with Crippen molar-refractivity contribution in [2.45, 2.75) is 20.3 Å². The number of fused-ring (bicyclic) bond motifs is 2. The van der Waals surface area contributed by atoms with Crippen molar-refractivity contribution in [1.29, 1.82) is 0 Å². The highest BCUT2D eigenvalue weighted by atomic mass is 19.1. The van der Waals surface area contributed by atoms with Crippen LogP contribution in [0.5, 0.6) is 11.5 Å². The summed E-state index contributed by atoms with van der Waals surface area (Å²) >= 11 is 0. The second kappa shape index (κ2) is 8.21. The minimum atomic E-state index is -0.421. The Morgan fingerprint density at radius 1 is 1.11 bits per heavy atom. The van der Waals surface area contributed by atoms with Gasteiger partial charge in [0.2, 0.25) is 0 Å². The number of rotatable bonds is 4. The van der Waals surface area contributed by atoms with Crippen LogP contribution in [-0.2, 0) is 6.42 Å². The maximum absolute atomic E-state index is 14.8. The van der Waals surface area contributed by atoms with Gasteiger partial charge in [-0.3, -0.25) is 4.98 Å². The molecule has 0 bridgehead atoms. The van der Waals surface area contributed by atoms with E-state index in [1.54, 1.807) is 37.4 Å². The fourth-order valence-electron chi connectivity index (χ4n) is 3.43. The summed E-state index contributed by atoms with van der Waals surface area (Å²) in [6.45, 7) is 4.60. The first-order chi connectivity index (χ1) is 13.7. The molecule has 2 heterocycles. The molecule has 1 aliphatic rings. The maximum atomic E-state index is 14.8. The number of nitrogens with zero attached hydrogens (tertiary/aromatic N) is 3. The van der Waals surface area contributed by atoms with Crippen LogP contribution >= 0.6 is 0 Å². The van der Waals surface area contributed by atoms with Crippen LogP contribution in [0.2, 0.25) is 0 Å². The summed E-state index contributed by atoms with van der Waals surface area (Å²) in [5.41, 5.74) is 3.24. The topological polar surface area (TPSA) is 64.0 Å². The number of halogens is 1. The third-order valence-corrected chi connectivity index (χ3v) is 4.63. The van der Waals surface area contributed by atoms with E-state index in [0.29, 0.717) is 46.7 Å². The van der Waals surface area contributed by atoms with Gasteiger partial charge in [-0.05, 0) is 41.4 Å². The number of aromatic nitrogens is 1. The smallest absolute Gasteiger partial charge is 0.165 e. The summed E-state index contributed by atoms with van der Waals surface area (Å²) in [6, 6.07) is 8.64. The van der Waals surface area contributed by atoms with Crippen LogP contribution in [0.25, 0.3) is 10.9 Å². The van der Waals surface area contributed by atoms with Crippen LogP contribution in [0.4, 0.5) is 21.5 Å². The zero-order valence-electron chi connectivity index (χ0n) is 16.3. The number of hydrogen-bond acceptors (Lipinski definition) is 6. The molecule has 2 aromatic carbocycles. The van der Waals surface area contributed by atoms with E-state index in [2.05, 4.69) is 10.2 Å². The third kappa shape index (κ3) is 3.24. The molecule has 28 heavy (non-hydrogen) atoms. The van der Waals surface area contributed by atoms with E-state index in [9.17, 15) is 9.30 Å². The minimum absolute atomic E-state index is 0.372. The van der Waals surface area contributed by atoms with Gasteiger partial charge < -0.3 is 14.4 Å². The molecule has 0 saturated carbocycles. The zero-order chi connectivity index (χ0) is 20.3. The lowest BCUT2D eigenvalue weighted by molar-refractivity contribution is 0.356. The fourth-order valence-corrected chi connectivity index (χ4v) is 3.43. The van der Waals surface area contributed by atoms with Crippen LogP contribution in [0, 0.1) is 10.7 Å². The Bertz CT molecular complexity index is 1020. The van der Waals surface area contributed by atoms with Crippen molar-refractivity contribution in [2.24, 2.45) is 5.18 Å². The monoisotopic (exact) mass is 383 g/mol. The Morgan fingerprint density at radius 3 is 2.50 bits per heavy atom. The van der Waals surface area contributed by atoms with E-state index < -0.39 is 5.82 Å². The van der Waals surface area contributed by atoms with Gasteiger partial charge in [-0.25, -0.2) is 4.39 Å². The Kier molecular flexibility index (Phi) is 5.73. The molecule has 1 aliphatic heterocycles. The molecule has 0 aliphatic carbocycles. The van der Waals surface area contributed by atoms with Crippen molar-refractivity contribution in [3.05, 3.63) is 52.8 Å². The van der Waals surface area contributed by atoms with Gasteiger partial charge in [0.15, 0.2) is 17.3 Å². The van der Waals surface area contributed by atoms with Gasteiger partial charge in [-0.2, -0.15) is 0 Å². The summed E-state index contributed by atoms with van der Waals surface area (Å²) in [5, 5.41) is 3.60. The number of methoxy groups -OCH3 is 2. The van der Waals surface area contributed by atoms with Crippen molar-refractivity contribution in [3.8, 4) is 11.5 Å². The van der Waals surface area contributed by atoms with Crippen LogP contribution in [0.15, 0.2) is 41.7 Å². The van der Waals surface area contributed by atoms with E-state index in [4.69, 9.17) is 9.47 Å². The predicted octanol–water partition coefficient (Wildman–Crippen LogP) is 5.51. The van der Waals surface area contributed by atoms with E-state index >= 15 is 0 Å². The van der Waals surface area contributed by atoms with Gasteiger partial charge in [0.25, 0.3) is 0 Å². The number of benzene rings is 2. The van der Waals surface area contributed by atoms with Crippen molar-refractivity contribution < 1.29 is 13.9 Å². The molecule has 0 unspecified atom stereocenters. The zero-order valence-corrected chi connectivity index (χ0v) is 16.3. The van der Waals surface area contributed by atoms with Crippen LogP contribution in [-0.4, -0.2) is 25.7 Å². The lowest BCUT2D eigenvalue weighted by Gasteiger charge is -2.22. The Balaban J connectivity index is 0.00000109. The summed E-state index contributed by atoms with van der Waals surface area (Å²) in [4.78, 5) is 16.8. The summed E-state index contributed by atoms with van der Waals surface area (Å²) in [7, 11) is 3.08. The number of pyridine rings is 1. The molecule has 0 N–H and O–H groups in total. The van der Waals surface area contributed by atoms with E-state index in [0.717, 1.165) is 11.3 Å². The van der Waals surface area contributed by atoms with Gasteiger partial charge in [0, 0.05) is 23.7 Å². The molecule has 4 rings (SSSR count). The predicted molar refractivity (Wildman–Crippen MR) is 109 cm³/mol. The van der Waals surface area contributed by atoms with E-state index in [1.807, 2.05) is 18.7 Å². The molecule has 1 aromatic heterocycles. The molecule has 146 valence electrons. The number of ether oxygens (including phenoxy) is 2. The van der Waals surface area contributed by atoms with Crippen molar-refractivity contribution >= 4 is 28.0 Å². The Hall–Kier alpha value is -3.22. The first kappa shape index (κ1) is 19.5. The molecule has 7 heteroatoms. The second-order valence-corrected chi connectivity index (χ2v) is 5.99. The minimum Gasteiger partial charge on any atom is -0.493 e. The molecular weight excluding hydrogens is 361 g/mol. The first-order valence-electron chi connectivity index (χ1n) is 9.10. The molecule has 6 nitrogen and oxygen atoms in total. The average Bonchev–Trinajstić information content (AvgIpc) is 3.16. The van der Waals surface area contributed by atoms with Crippen molar-refractivity contribution in [3.63, 3.8) is 0 Å². The lowest BCUT2D eigenvalue weighted by atomic mass is 10.1. The summed E-state index contributed by atoms with van der Waals surface area (Å²) in [6.07, 6.45) is 1.91. The number of anilines is 2. The SMILES string of the molecule is CC.COc1cc2ncc(F)c(N3CCc4cc(N=O)ccc43)c2cc1OC. The molecule has 0 atom stereocenters. The van der Waals surface area contributed by atoms with Gasteiger partial charge in [0.1, 0.15) is 5.69 Å². The van der Waals surface area contributed by atoms with Gasteiger partial charge in [-0.1, -0.05) is 13.8 Å². The van der Waals surface area contributed by atoms with Crippen LogP contribution < -0.4 is 14.4 Å². The fraction of sp³-hybridized carbons (Fsp3) is 0.286. The van der Waals surface area contributed by atoms with E-state index in [-0.39, 0.29) is 0 Å². The average molecular weight is 383 g/mol. The number of hydrogen-bond donors (Lipinski definition) is 0. The Labute approximate surface area is 162 Å². The lowest BCUT2D eigenvalue weighted by Crippen LogP contribution is -2.15. The van der Waals surface area contributed by atoms with Gasteiger partial charge in [-0.15, -0.1) is 4.91 Å². The first-order valence-corrected chi connectivity index (χ1v) is 9.10. The normalized spacial score (nSPS) is 12.2. The second-order valence-electron chi connectivity index (χ2n) is 5.99. The molecule has 0 spiro atoms. The standard InChI is InChI=1S/C19H16FN3O3.C2H6/c1-25-17-8-13-15(9-18(17)26-2)21-10-14(20)19(13)23-6-5-11-7-12(22-24)3-4-16(11)23;1-2/h3-4,7-10H,5-6H2,1-2H3;1-2H3. The van der Waals surface area contributed by atoms with Crippen molar-refractivity contribution in [1.82, 2.24) is 4.98 Å². The maximum Gasteiger partial charge on any atom is 0.165 e. The third-order valence-electron chi connectivity index (χ3n) is 4.63. The van der Waals surface area contributed by atoms with Gasteiger partial charge >= 0.3 is 0 Å². The quantitative estimate of drug-likeness (QED) is 0.556. The number of nitroso groups, excluding NO2 is 1. The summed E-state index contributed by atoms with van der Waals surface area (Å²) in [5.74, 6) is 0.623. The summed E-state index contributed by atoms with van der Waals surface area (Å²) < 4.78 is 25.5. The van der Waals surface area contributed by atoms with Crippen LogP contribution in [0.1, 0.15) is 19.4 Å². The highest BCUT2D eigenvalue weighted by molar-refractivity contribution is 5.97. The molecule has 0 fully saturated rings.